The fourth-order valence-corrected chi connectivity index (χ4v) is 4.10. The lowest BCUT2D eigenvalue weighted by Crippen LogP contribution is -2.62. The van der Waals surface area contributed by atoms with Gasteiger partial charge >= 0.3 is 0 Å². The molecule has 0 bridgehead atoms. The van der Waals surface area contributed by atoms with Crippen molar-refractivity contribution in [3.8, 4) is 0 Å². The first-order valence-electron chi connectivity index (χ1n) is 7.89. The molecule has 1 saturated carbocycles. The summed E-state index contributed by atoms with van der Waals surface area (Å²) in [4.78, 5) is 0. The molecule has 19 heavy (non-hydrogen) atoms. The quantitative estimate of drug-likeness (QED) is 0.774. The average Bonchev–Trinajstić information content (AvgIpc) is 2.49. The maximum Gasteiger partial charge on any atom is 0.0838 e. The van der Waals surface area contributed by atoms with Gasteiger partial charge in [-0.2, -0.15) is 0 Å². The Kier molecular flexibility index (Phi) is 4.29. The number of nitrogens with one attached hydrogen (secondary N) is 1. The van der Waals surface area contributed by atoms with Crippen LogP contribution in [-0.4, -0.2) is 34.5 Å². The molecule has 0 spiro atoms. The van der Waals surface area contributed by atoms with Gasteiger partial charge in [0.1, 0.15) is 0 Å². The minimum atomic E-state index is -0.322. The SMILES string of the molecule is CC1(C)CC(CO)(NC2CCCCCC2)C(C)(C)O1. The Morgan fingerprint density at radius 3 is 2.05 bits per heavy atom. The molecule has 1 atom stereocenters. The number of hydrogen-bond donors (Lipinski definition) is 2. The molecule has 0 radical (unpaired) electrons. The molecule has 0 amide bonds. The van der Waals surface area contributed by atoms with Gasteiger partial charge in [-0.05, 0) is 47.0 Å². The van der Waals surface area contributed by atoms with Gasteiger partial charge < -0.3 is 15.2 Å². The van der Waals surface area contributed by atoms with E-state index in [9.17, 15) is 5.11 Å². The summed E-state index contributed by atoms with van der Waals surface area (Å²) in [5, 5.41) is 13.8. The minimum absolute atomic E-state index is 0.153. The molecule has 1 heterocycles. The number of ether oxygens (including phenoxy) is 1. The number of hydrogen-bond acceptors (Lipinski definition) is 3. The molecule has 2 rings (SSSR count). The van der Waals surface area contributed by atoms with Crippen LogP contribution in [0.2, 0.25) is 0 Å². The largest absolute Gasteiger partial charge is 0.394 e. The Morgan fingerprint density at radius 2 is 1.63 bits per heavy atom. The van der Waals surface area contributed by atoms with E-state index in [1.54, 1.807) is 0 Å². The lowest BCUT2D eigenvalue weighted by Gasteiger charge is -2.42. The highest BCUT2D eigenvalue weighted by atomic mass is 16.5. The van der Waals surface area contributed by atoms with E-state index in [1.165, 1.54) is 38.5 Å². The maximum absolute atomic E-state index is 10.0. The van der Waals surface area contributed by atoms with Crippen LogP contribution in [0.25, 0.3) is 0 Å². The van der Waals surface area contributed by atoms with Crippen molar-refractivity contribution in [1.82, 2.24) is 5.32 Å². The van der Waals surface area contributed by atoms with Crippen molar-refractivity contribution in [2.75, 3.05) is 6.61 Å². The predicted molar refractivity (Wildman–Crippen MR) is 78.3 cm³/mol. The third-order valence-corrected chi connectivity index (χ3v) is 5.02. The van der Waals surface area contributed by atoms with Gasteiger partial charge in [-0.25, -0.2) is 0 Å². The van der Waals surface area contributed by atoms with E-state index in [2.05, 4.69) is 33.0 Å². The normalized spacial score (nSPS) is 35.2. The molecule has 0 aromatic heterocycles. The summed E-state index contributed by atoms with van der Waals surface area (Å²) in [6, 6.07) is 0.534. The van der Waals surface area contributed by atoms with Gasteiger partial charge in [-0.1, -0.05) is 25.7 Å². The van der Waals surface area contributed by atoms with Crippen LogP contribution in [0.1, 0.15) is 72.6 Å². The van der Waals surface area contributed by atoms with Crippen molar-refractivity contribution in [2.45, 2.75) is 95.4 Å². The summed E-state index contributed by atoms with van der Waals surface area (Å²) in [5.74, 6) is 0. The van der Waals surface area contributed by atoms with Gasteiger partial charge in [-0.15, -0.1) is 0 Å². The van der Waals surface area contributed by atoms with Crippen LogP contribution in [-0.2, 0) is 4.74 Å². The van der Waals surface area contributed by atoms with E-state index in [4.69, 9.17) is 4.74 Å². The molecule has 1 saturated heterocycles. The van der Waals surface area contributed by atoms with Gasteiger partial charge in [0.2, 0.25) is 0 Å². The summed E-state index contributed by atoms with van der Waals surface area (Å²) >= 11 is 0. The Bertz CT molecular complexity index is 306. The molecule has 3 nitrogen and oxygen atoms in total. The van der Waals surface area contributed by atoms with Crippen molar-refractivity contribution < 1.29 is 9.84 Å². The van der Waals surface area contributed by atoms with E-state index >= 15 is 0 Å². The fraction of sp³-hybridized carbons (Fsp3) is 1.00. The molecular weight excluding hydrogens is 238 g/mol. The highest BCUT2D eigenvalue weighted by molar-refractivity contribution is 5.12. The van der Waals surface area contributed by atoms with Gasteiger partial charge in [0, 0.05) is 6.04 Å². The summed E-state index contributed by atoms with van der Waals surface area (Å²) in [5.41, 5.74) is -0.785. The van der Waals surface area contributed by atoms with E-state index < -0.39 is 0 Å². The van der Waals surface area contributed by atoms with Gasteiger partial charge in [-0.3, -0.25) is 0 Å². The van der Waals surface area contributed by atoms with Crippen LogP contribution in [0.5, 0.6) is 0 Å². The Labute approximate surface area is 118 Å². The summed E-state index contributed by atoms with van der Waals surface area (Å²) in [6.07, 6.45) is 8.68. The van der Waals surface area contributed by atoms with E-state index in [0.717, 1.165) is 6.42 Å². The lowest BCUT2D eigenvalue weighted by molar-refractivity contribution is -0.0914. The van der Waals surface area contributed by atoms with Crippen LogP contribution < -0.4 is 5.32 Å². The zero-order valence-electron chi connectivity index (χ0n) is 13.1. The zero-order chi connectivity index (χ0) is 14.1. The first kappa shape index (κ1) is 15.3. The third kappa shape index (κ3) is 3.14. The summed E-state index contributed by atoms with van der Waals surface area (Å²) in [6.45, 7) is 8.63. The Hall–Kier alpha value is -0.120. The molecule has 3 heteroatoms. The van der Waals surface area contributed by atoms with Gasteiger partial charge in [0.25, 0.3) is 0 Å². The fourth-order valence-electron chi connectivity index (χ4n) is 4.10. The molecule has 2 N–H and O–H groups in total. The van der Waals surface area contributed by atoms with Crippen LogP contribution in [0.3, 0.4) is 0 Å². The Morgan fingerprint density at radius 1 is 1.05 bits per heavy atom. The third-order valence-electron chi connectivity index (χ3n) is 5.02. The molecule has 1 aliphatic carbocycles. The maximum atomic E-state index is 10.0. The molecule has 2 aliphatic rings. The molecule has 0 aromatic rings. The first-order chi connectivity index (χ1) is 8.80. The van der Waals surface area contributed by atoms with Crippen LogP contribution >= 0.6 is 0 Å². The number of rotatable bonds is 3. The molecule has 1 aliphatic heterocycles. The smallest absolute Gasteiger partial charge is 0.0838 e. The van der Waals surface area contributed by atoms with Crippen molar-refractivity contribution in [3.63, 3.8) is 0 Å². The van der Waals surface area contributed by atoms with Crippen LogP contribution in [0.15, 0.2) is 0 Å². The zero-order valence-corrected chi connectivity index (χ0v) is 13.1. The van der Waals surface area contributed by atoms with Crippen molar-refractivity contribution in [2.24, 2.45) is 0 Å². The number of aliphatic hydroxyl groups is 1. The minimum Gasteiger partial charge on any atom is -0.394 e. The van der Waals surface area contributed by atoms with E-state index in [-0.39, 0.29) is 23.3 Å². The average molecular weight is 269 g/mol. The lowest BCUT2D eigenvalue weighted by atomic mass is 9.78. The predicted octanol–water partition coefficient (Wildman–Crippen LogP) is 3.01. The molecule has 1 unspecified atom stereocenters. The highest BCUT2D eigenvalue weighted by Gasteiger charge is 2.57. The second kappa shape index (κ2) is 5.34. The molecule has 0 aromatic carbocycles. The molecular formula is C16H31NO2. The van der Waals surface area contributed by atoms with E-state index in [1.807, 2.05) is 0 Å². The van der Waals surface area contributed by atoms with E-state index in [0.29, 0.717) is 6.04 Å². The van der Waals surface area contributed by atoms with Crippen LogP contribution in [0.4, 0.5) is 0 Å². The standard InChI is InChI=1S/C16H31NO2/c1-14(2)11-16(12-18,15(3,4)19-14)17-13-9-7-5-6-8-10-13/h13,17-18H,5-12H2,1-4H3. The molecule has 2 fully saturated rings. The van der Waals surface area contributed by atoms with Crippen LogP contribution in [0, 0.1) is 0 Å². The second-order valence-corrected chi connectivity index (χ2v) is 7.62. The van der Waals surface area contributed by atoms with Gasteiger partial charge in [0.05, 0.1) is 23.3 Å². The second-order valence-electron chi connectivity index (χ2n) is 7.62. The Balaban J connectivity index is 2.13. The van der Waals surface area contributed by atoms with Crippen molar-refractivity contribution >= 4 is 0 Å². The van der Waals surface area contributed by atoms with Crippen molar-refractivity contribution in [3.05, 3.63) is 0 Å². The highest BCUT2D eigenvalue weighted by Crippen LogP contribution is 2.45. The monoisotopic (exact) mass is 269 g/mol. The molecule has 112 valence electrons. The summed E-state index contributed by atoms with van der Waals surface area (Å²) < 4.78 is 6.19. The van der Waals surface area contributed by atoms with Crippen molar-refractivity contribution in [1.29, 1.82) is 0 Å². The van der Waals surface area contributed by atoms with Gasteiger partial charge in [0.15, 0.2) is 0 Å². The topological polar surface area (TPSA) is 41.5 Å². The number of aliphatic hydroxyl groups excluding tert-OH is 1. The first-order valence-corrected chi connectivity index (χ1v) is 7.89. The summed E-state index contributed by atoms with van der Waals surface area (Å²) in [7, 11) is 0.